The van der Waals surface area contributed by atoms with E-state index in [1.807, 2.05) is 38.1 Å². The van der Waals surface area contributed by atoms with Gasteiger partial charge >= 0.3 is 0 Å². The molecule has 0 fully saturated rings. The third-order valence-electron chi connectivity index (χ3n) is 5.78. The lowest BCUT2D eigenvalue weighted by atomic mass is 9.96. The quantitative estimate of drug-likeness (QED) is 0.300. The van der Waals surface area contributed by atoms with Crippen LogP contribution in [-0.2, 0) is 4.79 Å². The molecule has 0 bridgehead atoms. The Bertz CT molecular complexity index is 1380. The van der Waals surface area contributed by atoms with E-state index in [1.54, 1.807) is 31.6 Å². The Morgan fingerprint density at radius 3 is 2.56 bits per heavy atom. The zero-order chi connectivity index (χ0) is 24.2. The highest BCUT2D eigenvalue weighted by molar-refractivity contribution is 6.06. The van der Waals surface area contributed by atoms with E-state index in [4.69, 9.17) is 13.9 Å². The number of carbonyl (C=O) groups excluding carboxylic acids is 1. The summed E-state index contributed by atoms with van der Waals surface area (Å²) in [6.45, 7) is 8.53. The summed E-state index contributed by atoms with van der Waals surface area (Å²) in [7, 11) is 1.58. The Labute approximate surface area is 200 Å². The van der Waals surface area contributed by atoms with Crippen LogP contribution in [0.25, 0.3) is 27.7 Å². The molecule has 0 atom stereocenters. The van der Waals surface area contributed by atoms with Crippen LogP contribution in [0.4, 0.5) is 5.69 Å². The van der Waals surface area contributed by atoms with Gasteiger partial charge in [-0.15, -0.1) is 0 Å². The first-order valence-electron chi connectivity index (χ1n) is 11.3. The van der Waals surface area contributed by atoms with Gasteiger partial charge in [0.1, 0.15) is 17.1 Å². The number of anilines is 1. The van der Waals surface area contributed by atoms with E-state index in [2.05, 4.69) is 37.4 Å². The van der Waals surface area contributed by atoms with Crippen LogP contribution in [0.5, 0.6) is 11.5 Å². The maximum Gasteiger partial charge on any atom is 0.248 e. The fraction of sp³-hybridized carbons (Fsp3) is 0.207. The number of hydrogen-bond donors (Lipinski definition) is 1. The summed E-state index contributed by atoms with van der Waals surface area (Å²) in [4.78, 5) is 12.8. The number of carbonyl (C=O) groups is 1. The van der Waals surface area contributed by atoms with Gasteiger partial charge in [0.25, 0.3) is 0 Å². The third-order valence-corrected chi connectivity index (χ3v) is 5.78. The average molecular weight is 456 g/mol. The van der Waals surface area contributed by atoms with Crippen LogP contribution in [0.1, 0.15) is 30.5 Å². The lowest BCUT2D eigenvalue weighted by molar-refractivity contribution is -0.111. The molecule has 1 amide bonds. The number of rotatable bonds is 7. The summed E-state index contributed by atoms with van der Waals surface area (Å²) in [6, 6.07) is 17.6. The molecule has 174 valence electrons. The minimum Gasteiger partial charge on any atom is -0.495 e. The van der Waals surface area contributed by atoms with Crippen LogP contribution >= 0.6 is 0 Å². The Kier molecular flexibility index (Phi) is 6.73. The highest BCUT2D eigenvalue weighted by atomic mass is 16.5. The first-order chi connectivity index (χ1) is 16.4. The normalized spacial score (nSPS) is 11.5. The minimum atomic E-state index is -0.244. The number of aryl methyl sites for hydroxylation is 2. The molecule has 0 aliphatic rings. The molecule has 1 aromatic heterocycles. The van der Waals surface area contributed by atoms with Crippen molar-refractivity contribution in [3.05, 3.63) is 83.6 Å². The Balaban J connectivity index is 1.75. The van der Waals surface area contributed by atoms with Gasteiger partial charge in [-0.2, -0.15) is 0 Å². The van der Waals surface area contributed by atoms with Crippen molar-refractivity contribution < 1.29 is 18.7 Å². The predicted octanol–water partition coefficient (Wildman–Crippen LogP) is 7.17. The van der Waals surface area contributed by atoms with Gasteiger partial charge in [-0.25, -0.2) is 0 Å². The first kappa shape index (κ1) is 23.2. The van der Waals surface area contributed by atoms with Crippen molar-refractivity contribution in [3.63, 3.8) is 0 Å². The third kappa shape index (κ3) is 4.69. The van der Waals surface area contributed by atoms with Crippen molar-refractivity contribution >= 4 is 28.1 Å². The highest BCUT2D eigenvalue weighted by Crippen LogP contribution is 2.38. The van der Waals surface area contributed by atoms with Crippen LogP contribution in [0.2, 0.25) is 0 Å². The molecule has 1 heterocycles. The first-order valence-corrected chi connectivity index (χ1v) is 11.3. The number of amides is 1. The molecule has 3 aromatic carbocycles. The number of fused-ring (bicyclic) bond motifs is 1. The van der Waals surface area contributed by atoms with E-state index in [1.165, 1.54) is 11.1 Å². The number of para-hydroxylation sites is 2. The number of allylic oxidation sites excluding steroid dienone is 1. The molecular weight excluding hydrogens is 426 g/mol. The topological polar surface area (TPSA) is 60.7 Å². The Morgan fingerprint density at radius 2 is 1.82 bits per heavy atom. The fourth-order valence-corrected chi connectivity index (χ4v) is 4.15. The Morgan fingerprint density at radius 1 is 1.03 bits per heavy atom. The standard InChI is InChI=1S/C29H29NO4/c1-6-33-27-16-28-23(24(17-34-28)21-12-11-18(2)13-19(21)3)15-22(27)20(4)14-29(31)30-25-9-7-8-10-26(25)32-5/h7-17H,6H2,1-5H3,(H,30,31)/b20-14+. The lowest BCUT2D eigenvalue weighted by Gasteiger charge is -2.13. The molecule has 34 heavy (non-hydrogen) atoms. The number of ether oxygens (including phenoxy) is 2. The van der Waals surface area contributed by atoms with Crippen LogP contribution in [-0.4, -0.2) is 19.6 Å². The molecule has 1 N–H and O–H groups in total. The molecule has 0 radical (unpaired) electrons. The molecule has 0 aliphatic carbocycles. The van der Waals surface area contributed by atoms with E-state index in [-0.39, 0.29) is 5.91 Å². The fourth-order valence-electron chi connectivity index (χ4n) is 4.15. The number of nitrogens with one attached hydrogen (secondary N) is 1. The molecule has 0 unspecified atom stereocenters. The van der Waals surface area contributed by atoms with E-state index < -0.39 is 0 Å². The zero-order valence-corrected chi connectivity index (χ0v) is 20.2. The van der Waals surface area contributed by atoms with Crippen molar-refractivity contribution in [1.82, 2.24) is 0 Å². The summed E-state index contributed by atoms with van der Waals surface area (Å²) in [5.41, 5.74) is 7.52. The number of furan rings is 1. The minimum absolute atomic E-state index is 0.244. The average Bonchev–Trinajstić information content (AvgIpc) is 3.21. The molecule has 4 rings (SSSR count). The molecule has 0 spiro atoms. The van der Waals surface area contributed by atoms with Gasteiger partial charge in [0.05, 0.1) is 25.7 Å². The van der Waals surface area contributed by atoms with Crippen molar-refractivity contribution in [1.29, 1.82) is 0 Å². The smallest absolute Gasteiger partial charge is 0.248 e. The van der Waals surface area contributed by atoms with E-state index in [0.717, 1.165) is 33.2 Å². The van der Waals surface area contributed by atoms with Gasteiger partial charge in [0.2, 0.25) is 5.91 Å². The van der Waals surface area contributed by atoms with Crippen LogP contribution in [0.3, 0.4) is 0 Å². The van der Waals surface area contributed by atoms with Gasteiger partial charge < -0.3 is 19.2 Å². The maximum absolute atomic E-state index is 12.8. The van der Waals surface area contributed by atoms with Crippen molar-refractivity contribution in [2.75, 3.05) is 19.0 Å². The second-order valence-corrected chi connectivity index (χ2v) is 8.26. The summed E-state index contributed by atoms with van der Waals surface area (Å²) in [6.07, 6.45) is 3.36. The SMILES string of the molecule is CCOc1cc2occ(-c3ccc(C)cc3C)c2cc1/C(C)=C/C(=O)Nc1ccccc1OC. The van der Waals surface area contributed by atoms with Gasteiger partial charge in [0.15, 0.2) is 0 Å². The van der Waals surface area contributed by atoms with Crippen LogP contribution in [0.15, 0.2) is 71.4 Å². The van der Waals surface area contributed by atoms with Crippen LogP contribution in [0, 0.1) is 13.8 Å². The van der Waals surface area contributed by atoms with Gasteiger partial charge in [0, 0.05) is 28.7 Å². The van der Waals surface area contributed by atoms with Gasteiger partial charge in [-0.3, -0.25) is 4.79 Å². The summed E-state index contributed by atoms with van der Waals surface area (Å²) in [5, 5.41) is 3.87. The van der Waals surface area contributed by atoms with Crippen molar-refractivity contribution in [3.8, 4) is 22.6 Å². The van der Waals surface area contributed by atoms with E-state index in [9.17, 15) is 4.79 Å². The van der Waals surface area contributed by atoms with Crippen LogP contribution < -0.4 is 14.8 Å². The van der Waals surface area contributed by atoms with Crippen molar-refractivity contribution in [2.45, 2.75) is 27.7 Å². The number of benzene rings is 3. The largest absolute Gasteiger partial charge is 0.495 e. The molecule has 4 aromatic rings. The van der Waals surface area contributed by atoms with Gasteiger partial charge in [-0.1, -0.05) is 35.9 Å². The Hall–Kier alpha value is -3.99. The summed E-state index contributed by atoms with van der Waals surface area (Å²) >= 11 is 0. The molecule has 0 saturated carbocycles. The van der Waals surface area contributed by atoms with E-state index >= 15 is 0 Å². The summed E-state index contributed by atoms with van der Waals surface area (Å²) < 4.78 is 17.1. The van der Waals surface area contributed by atoms with E-state index in [0.29, 0.717) is 23.8 Å². The highest BCUT2D eigenvalue weighted by Gasteiger charge is 2.16. The molecular formula is C29H29NO4. The number of methoxy groups -OCH3 is 1. The molecule has 0 aliphatic heterocycles. The van der Waals surface area contributed by atoms with Crippen molar-refractivity contribution in [2.24, 2.45) is 0 Å². The monoisotopic (exact) mass is 455 g/mol. The summed E-state index contributed by atoms with van der Waals surface area (Å²) in [5.74, 6) is 1.04. The maximum atomic E-state index is 12.8. The second-order valence-electron chi connectivity index (χ2n) is 8.26. The lowest BCUT2D eigenvalue weighted by Crippen LogP contribution is -2.09. The number of hydrogen-bond acceptors (Lipinski definition) is 4. The zero-order valence-electron chi connectivity index (χ0n) is 20.2. The molecule has 0 saturated heterocycles. The predicted molar refractivity (Wildman–Crippen MR) is 138 cm³/mol. The molecule has 5 heteroatoms. The molecule has 5 nitrogen and oxygen atoms in total. The van der Waals surface area contributed by atoms with Gasteiger partial charge in [-0.05, 0) is 62.6 Å². The second kappa shape index (κ2) is 9.87.